The number of aryl methyl sites for hydroxylation is 1. The van der Waals surface area contributed by atoms with Crippen LogP contribution in [0.2, 0.25) is 0 Å². The van der Waals surface area contributed by atoms with Crippen molar-refractivity contribution in [3.05, 3.63) is 21.7 Å². The van der Waals surface area contributed by atoms with Gasteiger partial charge in [0.1, 0.15) is 11.9 Å². The number of ether oxygens (including phenoxy) is 2. The summed E-state index contributed by atoms with van der Waals surface area (Å²) in [6.45, 7) is 13.4. The molecule has 2 saturated heterocycles. The molecule has 0 spiro atoms. The largest absolute Gasteiger partial charge is 0.458 e. The molecule has 1 aromatic heterocycles. The molecule has 1 aromatic rings. The molecule has 0 radical (unpaired) electrons. The number of aliphatic hydroxyl groups is 2. The highest BCUT2D eigenvalue weighted by molar-refractivity contribution is 7.09. The van der Waals surface area contributed by atoms with Gasteiger partial charge in [0.25, 0.3) is 0 Å². The predicted octanol–water partition coefficient (Wildman–Crippen LogP) is 5.65. The highest BCUT2D eigenvalue weighted by atomic mass is 32.1. The molecule has 0 saturated carbocycles. The molecule has 0 aliphatic carbocycles. The lowest BCUT2D eigenvalue weighted by Crippen LogP contribution is -2.46. The summed E-state index contributed by atoms with van der Waals surface area (Å²) in [5, 5.41) is 25.3. The summed E-state index contributed by atoms with van der Waals surface area (Å²) in [6, 6.07) is 0. The van der Waals surface area contributed by atoms with Gasteiger partial charge in [-0.1, -0.05) is 47.0 Å². The van der Waals surface area contributed by atoms with E-state index in [1.54, 1.807) is 25.2 Å². The lowest BCUT2D eigenvalue weighted by molar-refractivity contribution is -0.154. The highest BCUT2D eigenvalue weighted by Crippen LogP contribution is 2.45. The van der Waals surface area contributed by atoms with E-state index in [0.717, 1.165) is 48.4 Å². The van der Waals surface area contributed by atoms with Gasteiger partial charge in [0, 0.05) is 17.7 Å². The fraction of sp³-hybridized carbons (Fsp3) is 0.767. The molecule has 38 heavy (non-hydrogen) atoms. The minimum Gasteiger partial charge on any atom is -0.458 e. The topological polar surface area (TPSA) is 109 Å². The molecule has 0 unspecified atom stereocenters. The maximum Gasteiger partial charge on any atom is 0.309 e. The van der Waals surface area contributed by atoms with Crippen LogP contribution in [-0.2, 0) is 19.1 Å². The number of Topliss-reactive ketones (excluding diaryl/α,β-unsaturated/α-hetero) is 1. The Kier molecular flexibility index (Phi) is 10.3. The van der Waals surface area contributed by atoms with Crippen LogP contribution in [0.5, 0.6) is 0 Å². The minimum absolute atomic E-state index is 0.0470. The van der Waals surface area contributed by atoms with Gasteiger partial charge >= 0.3 is 5.97 Å². The highest BCUT2D eigenvalue weighted by Gasteiger charge is 2.53. The van der Waals surface area contributed by atoms with Crippen LogP contribution in [-0.4, -0.2) is 57.0 Å². The van der Waals surface area contributed by atoms with Gasteiger partial charge in [-0.15, -0.1) is 11.3 Å². The molecular weight excluding hydrogens is 502 g/mol. The van der Waals surface area contributed by atoms with Crippen molar-refractivity contribution < 1.29 is 29.3 Å². The number of nitrogens with zero attached hydrogens (tertiary/aromatic N) is 1. The van der Waals surface area contributed by atoms with Gasteiger partial charge in [0.05, 0.1) is 46.5 Å². The molecule has 2 aliphatic heterocycles. The van der Waals surface area contributed by atoms with Crippen molar-refractivity contribution in [1.82, 2.24) is 4.98 Å². The molecule has 7 nitrogen and oxygen atoms in total. The van der Waals surface area contributed by atoms with E-state index in [1.807, 2.05) is 32.2 Å². The molecule has 0 bridgehead atoms. The van der Waals surface area contributed by atoms with Crippen molar-refractivity contribution in [2.75, 3.05) is 0 Å². The van der Waals surface area contributed by atoms with Crippen molar-refractivity contribution in [3.8, 4) is 0 Å². The van der Waals surface area contributed by atoms with Gasteiger partial charge in [-0.3, -0.25) is 9.59 Å². The summed E-state index contributed by atoms with van der Waals surface area (Å²) in [4.78, 5) is 31.3. The Morgan fingerprint density at radius 1 is 1.26 bits per heavy atom. The second-order valence-corrected chi connectivity index (χ2v) is 13.3. The van der Waals surface area contributed by atoms with Crippen molar-refractivity contribution in [2.24, 2.45) is 17.3 Å². The summed E-state index contributed by atoms with van der Waals surface area (Å²) in [6.07, 6.45) is 4.33. The van der Waals surface area contributed by atoms with Crippen LogP contribution >= 0.6 is 11.3 Å². The first kappa shape index (κ1) is 30.9. The first-order chi connectivity index (χ1) is 17.8. The number of rotatable bonds is 5. The van der Waals surface area contributed by atoms with Gasteiger partial charge in [0.15, 0.2) is 0 Å². The van der Waals surface area contributed by atoms with Crippen molar-refractivity contribution in [1.29, 1.82) is 0 Å². The average Bonchev–Trinajstić information content (AvgIpc) is 3.29. The van der Waals surface area contributed by atoms with Crippen LogP contribution in [0.4, 0.5) is 0 Å². The number of carbonyl (C=O) groups is 2. The van der Waals surface area contributed by atoms with Gasteiger partial charge in [-0.2, -0.15) is 0 Å². The lowest BCUT2D eigenvalue weighted by atomic mass is 9.71. The molecule has 2 N–H and O–H groups in total. The summed E-state index contributed by atoms with van der Waals surface area (Å²) in [5.74, 6) is -1.40. The number of unbranched alkanes of at least 4 members (excludes halogenated alkanes) is 1. The maximum atomic E-state index is 13.7. The van der Waals surface area contributed by atoms with E-state index >= 15 is 0 Å². The monoisotopic (exact) mass is 549 g/mol. The van der Waals surface area contributed by atoms with E-state index in [0.29, 0.717) is 12.8 Å². The Hall–Kier alpha value is -1.61. The normalized spacial score (nSPS) is 35.4. The molecular formula is C30H47NO6S. The van der Waals surface area contributed by atoms with Gasteiger partial charge in [0.2, 0.25) is 0 Å². The number of epoxide rings is 1. The summed E-state index contributed by atoms with van der Waals surface area (Å²) < 4.78 is 12.0. The first-order valence-corrected chi connectivity index (χ1v) is 15.0. The number of aliphatic hydroxyl groups excluding tert-OH is 2. The van der Waals surface area contributed by atoms with Crippen molar-refractivity contribution >= 4 is 29.2 Å². The maximum absolute atomic E-state index is 13.7. The Labute approximate surface area is 232 Å². The number of cyclic esters (lactones) is 1. The summed E-state index contributed by atoms with van der Waals surface area (Å²) in [5.41, 5.74) is 0.184. The molecule has 0 amide bonds. The van der Waals surface area contributed by atoms with Crippen LogP contribution < -0.4 is 0 Å². The zero-order valence-corrected chi connectivity index (χ0v) is 25.0. The quantitative estimate of drug-likeness (QED) is 0.361. The van der Waals surface area contributed by atoms with Gasteiger partial charge in [-0.05, 0) is 57.6 Å². The van der Waals surface area contributed by atoms with Crippen molar-refractivity contribution in [3.63, 3.8) is 0 Å². The SMILES string of the molecule is CCCC[C@H]1C(=O)C(C)(C)[C@@H](O)CC(=O)O[C@H](/C(C)=C/c2csc(C)n2)C[C@@H]2O[C@]2(C)CCC[C@H](C)[C@@H]1O. The van der Waals surface area contributed by atoms with Crippen LogP contribution in [0.25, 0.3) is 6.08 Å². The average molecular weight is 550 g/mol. The number of hydrogen-bond donors (Lipinski definition) is 2. The van der Waals surface area contributed by atoms with E-state index in [9.17, 15) is 19.8 Å². The lowest BCUT2D eigenvalue weighted by Gasteiger charge is -2.36. The first-order valence-electron chi connectivity index (χ1n) is 14.2. The Balaban J connectivity index is 1.88. The van der Waals surface area contributed by atoms with Crippen molar-refractivity contribution in [2.45, 2.75) is 130 Å². The minimum atomic E-state index is -1.23. The molecule has 7 atom stereocenters. The predicted molar refractivity (Wildman–Crippen MR) is 150 cm³/mol. The smallest absolute Gasteiger partial charge is 0.309 e. The van der Waals surface area contributed by atoms with Gasteiger partial charge < -0.3 is 19.7 Å². The zero-order chi connectivity index (χ0) is 28.3. The third kappa shape index (κ3) is 7.52. The second kappa shape index (κ2) is 12.7. The van der Waals surface area contributed by atoms with E-state index in [-0.39, 0.29) is 29.8 Å². The zero-order valence-electron chi connectivity index (χ0n) is 24.2. The fourth-order valence-corrected chi connectivity index (χ4v) is 6.16. The third-order valence-corrected chi connectivity index (χ3v) is 9.41. The number of esters is 1. The van der Waals surface area contributed by atoms with Crippen LogP contribution in [0.3, 0.4) is 0 Å². The third-order valence-electron chi connectivity index (χ3n) is 8.62. The number of ketones is 1. The Bertz CT molecular complexity index is 1000. The summed E-state index contributed by atoms with van der Waals surface area (Å²) in [7, 11) is 0. The van der Waals surface area contributed by atoms with Gasteiger partial charge in [-0.25, -0.2) is 4.98 Å². The summed E-state index contributed by atoms with van der Waals surface area (Å²) >= 11 is 1.56. The number of aromatic nitrogens is 1. The second-order valence-electron chi connectivity index (χ2n) is 12.2. The molecule has 2 fully saturated rings. The van der Waals surface area contributed by atoms with E-state index in [2.05, 4.69) is 18.8 Å². The molecule has 8 heteroatoms. The van der Waals surface area contributed by atoms with Crippen LogP contribution in [0.15, 0.2) is 11.0 Å². The molecule has 3 rings (SSSR count). The molecule has 214 valence electrons. The van der Waals surface area contributed by atoms with Crippen LogP contribution in [0.1, 0.15) is 104 Å². The number of carbonyl (C=O) groups excluding carboxylic acids is 2. The molecule has 0 aromatic carbocycles. The van der Waals surface area contributed by atoms with E-state index in [4.69, 9.17) is 9.47 Å². The Morgan fingerprint density at radius 2 is 1.97 bits per heavy atom. The number of fused-ring (bicyclic) bond motifs is 1. The molecule has 2 aliphatic rings. The molecule has 3 heterocycles. The Morgan fingerprint density at radius 3 is 2.61 bits per heavy atom. The van der Waals surface area contributed by atoms with E-state index < -0.39 is 35.6 Å². The van der Waals surface area contributed by atoms with Crippen LogP contribution in [0, 0.1) is 24.2 Å². The fourth-order valence-electron chi connectivity index (χ4n) is 5.59. The number of thiazole rings is 1. The standard InChI is InChI=1S/C30H47NO6S/c1-8-9-12-22-27(34)18(2)11-10-13-30(7)25(37-30)15-23(19(3)14-21-17-38-20(4)31-21)36-26(33)16-24(32)29(5,6)28(22)35/h14,17-18,22-25,27,32,34H,8-13,15-16H2,1-7H3/b19-14+/t18-,22+,23-,24-,25-,27-,30+/m0/s1. The van der Waals surface area contributed by atoms with E-state index in [1.165, 1.54) is 0 Å². The number of hydrogen-bond acceptors (Lipinski definition) is 8.